The number of nitrogens with zero attached hydrogens (tertiary/aromatic N) is 4. The molecule has 3 rings (SSSR count). The second kappa shape index (κ2) is 12.3. The van der Waals surface area contributed by atoms with Gasteiger partial charge in [-0.3, -0.25) is 19.2 Å². The number of amides is 3. The van der Waals surface area contributed by atoms with E-state index in [1.807, 2.05) is 0 Å². The van der Waals surface area contributed by atoms with Gasteiger partial charge in [-0.25, -0.2) is 9.58 Å². The monoisotopic (exact) mass is 563 g/mol. The maximum absolute atomic E-state index is 13.0. The third-order valence-electron chi connectivity index (χ3n) is 5.35. The van der Waals surface area contributed by atoms with Crippen LogP contribution in [0.4, 0.5) is 5.82 Å². The molecule has 0 spiro atoms. The number of primary amides is 1. The lowest BCUT2D eigenvalue weighted by Gasteiger charge is -2.22. The summed E-state index contributed by atoms with van der Waals surface area (Å²) >= 11 is 18.8. The second-order valence-electron chi connectivity index (χ2n) is 8.18. The number of nitrogens with two attached hydrogens (primary N) is 1. The maximum Gasteiger partial charge on any atom is 0.273 e. The van der Waals surface area contributed by atoms with E-state index in [1.165, 1.54) is 16.8 Å². The molecule has 0 bridgehead atoms. The van der Waals surface area contributed by atoms with Gasteiger partial charge in [-0.05, 0) is 54.8 Å². The fourth-order valence-corrected chi connectivity index (χ4v) is 4.50. The van der Waals surface area contributed by atoms with Crippen molar-refractivity contribution >= 4 is 64.1 Å². The van der Waals surface area contributed by atoms with Crippen molar-refractivity contribution in [3.8, 4) is 0 Å². The minimum atomic E-state index is -0.945. The molecule has 2 N–H and O–H groups in total. The number of anilines is 1. The fourth-order valence-electron chi connectivity index (χ4n) is 3.67. The van der Waals surface area contributed by atoms with Crippen LogP contribution in [0.1, 0.15) is 71.5 Å². The van der Waals surface area contributed by atoms with Crippen molar-refractivity contribution in [3.05, 3.63) is 73.9 Å². The molecule has 0 atom stereocenters. The van der Waals surface area contributed by atoms with Gasteiger partial charge in [0.1, 0.15) is 0 Å². The molecule has 3 amide bonds. The van der Waals surface area contributed by atoms with Gasteiger partial charge in [-0.2, -0.15) is 0 Å². The van der Waals surface area contributed by atoms with E-state index in [2.05, 4.69) is 10.3 Å². The normalized spacial score (nSPS) is 10.8. The smallest absolute Gasteiger partial charge is 0.273 e. The first-order chi connectivity index (χ1) is 17.6. The number of imide groups is 1. The average molecular weight is 565 g/mol. The Morgan fingerprint density at radius 3 is 1.95 bits per heavy atom. The van der Waals surface area contributed by atoms with Crippen molar-refractivity contribution in [3.63, 3.8) is 0 Å². The first-order valence-electron chi connectivity index (χ1n) is 11.5. The van der Waals surface area contributed by atoms with Crippen LogP contribution in [0.5, 0.6) is 0 Å². The number of halogens is 3. The average Bonchev–Trinajstić information content (AvgIpc) is 3.22. The van der Waals surface area contributed by atoms with Gasteiger partial charge in [-0.15, -0.1) is 5.10 Å². The van der Waals surface area contributed by atoms with Crippen LogP contribution in [0.3, 0.4) is 0 Å². The molecule has 1 aromatic heterocycles. The minimum Gasteiger partial charge on any atom is -0.364 e. The number of ketones is 1. The molecule has 3 aromatic rings. The molecule has 2 aromatic carbocycles. The lowest BCUT2D eigenvalue weighted by Crippen LogP contribution is -2.39. The highest BCUT2D eigenvalue weighted by Crippen LogP contribution is 2.31. The van der Waals surface area contributed by atoms with Crippen molar-refractivity contribution in [2.24, 2.45) is 5.73 Å². The Bertz CT molecular complexity index is 1310. The van der Waals surface area contributed by atoms with E-state index in [1.54, 1.807) is 38.1 Å². The summed E-state index contributed by atoms with van der Waals surface area (Å²) < 4.78 is 1.21. The summed E-state index contributed by atoms with van der Waals surface area (Å²) in [5.41, 5.74) is 6.10. The summed E-state index contributed by atoms with van der Waals surface area (Å²) in [4.78, 5) is 51.8. The van der Waals surface area contributed by atoms with Crippen LogP contribution in [0.15, 0.2) is 36.4 Å². The number of benzene rings is 2. The lowest BCUT2D eigenvalue weighted by atomic mass is 10.0. The summed E-state index contributed by atoms with van der Waals surface area (Å²) in [7, 11) is 0. The third kappa shape index (κ3) is 6.36. The second-order valence-corrected chi connectivity index (χ2v) is 9.43. The van der Waals surface area contributed by atoms with Gasteiger partial charge in [0.05, 0.1) is 22.2 Å². The van der Waals surface area contributed by atoms with Crippen LogP contribution < -0.4 is 10.6 Å². The Labute approximate surface area is 228 Å². The van der Waals surface area contributed by atoms with Crippen molar-refractivity contribution < 1.29 is 19.2 Å². The van der Waals surface area contributed by atoms with Gasteiger partial charge in [0.25, 0.3) is 5.91 Å². The topological polar surface area (TPSA) is 128 Å². The molecule has 194 valence electrons. The number of rotatable bonds is 10. The van der Waals surface area contributed by atoms with Gasteiger partial charge >= 0.3 is 0 Å². The van der Waals surface area contributed by atoms with E-state index >= 15 is 0 Å². The Hall–Kier alpha value is -3.27. The zero-order valence-corrected chi connectivity index (χ0v) is 22.4. The third-order valence-corrected chi connectivity index (χ3v) is 6.20. The van der Waals surface area contributed by atoms with E-state index in [0.717, 1.165) is 4.90 Å². The molecule has 0 saturated carbocycles. The Kier molecular flexibility index (Phi) is 9.42. The Morgan fingerprint density at radius 1 is 0.919 bits per heavy atom. The molecule has 0 saturated heterocycles. The first-order valence-corrected chi connectivity index (χ1v) is 12.6. The van der Waals surface area contributed by atoms with Crippen LogP contribution in [0, 0.1) is 0 Å². The molecule has 0 aliphatic heterocycles. The maximum atomic E-state index is 13.0. The molecular formula is C25H24Cl3N5O4. The number of carbonyl (C=O) groups excluding carboxylic acids is 4. The number of hydrogen-bond acceptors (Lipinski definition) is 6. The van der Waals surface area contributed by atoms with Crippen LogP contribution in [0.25, 0.3) is 0 Å². The molecule has 0 aliphatic rings. The van der Waals surface area contributed by atoms with Gasteiger partial charge in [-0.1, -0.05) is 53.9 Å². The zero-order chi connectivity index (χ0) is 27.3. The highest BCUT2D eigenvalue weighted by Gasteiger charge is 2.32. The van der Waals surface area contributed by atoms with Gasteiger partial charge in [0.2, 0.25) is 11.8 Å². The fraction of sp³-hybridized carbons (Fsp3) is 0.280. The summed E-state index contributed by atoms with van der Waals surface area (Å²) in [5, 5.41) is 8.43. The van der Waals surface area contributed by atoms with Gasteiger partial charge in [0.15, 0.2) is 17.3 Å². The van der Waals surface area contributed by atoms with Crippen molar-refractivity contribution in [2.75, 3.05) is 4.90 Å². The molecule has 1 heterocycles. The van der Waals surface area contributed by atoms with Crippen molar-refractivity contribution in [1.29, 1.82) is 0 Å². The largest absolute Gasteiger partial charge is 0.364 e. The molecule has 37 heavy (non-hydrogen) atoms. The number of hydrogen-bond donors (Lipinski definition) is 1. The van der Waals surface area contributed by atoms with Gasteiger partial charge in [0, 0.05) is 23.4 Å². The summed E-state index contributed by atoms with van der Waals surface area (Å²) in [6.07, 6.45) is 1.10. The van der Waals surface area contributed by atoms with Crippen molar-refractivity contribution in [2.45, 2.75) is 46.1 Å². The SMILES string of the molecule is CCCC(=O)N(C(=O)CCC)c1c(C(N)=O)nnn1Cc1cc(Cl)c(C(=O)c2ccc(Cl)cc2)c(Cl)c1. The van der Waals surface area contributed by atoms with E-state index in [9.17, 15) is 19.2 Å². The van der Waals surface area contributed by atoms with Gasteiger partial charge < -0.3 is 5.73 Å². The minimum absolute atomic E-state index is 0.0675. The molecule has 12 heteroatoms. The van der Waals surface area contributed by atoms with Crippen LogP contribution in [-0.2, 0) is 16.1 Å². The van der Waals surface area contributed by atoms with Crippen LogP contribution >= 0.6 is 34.8 Å². The van der Waals surface area contributed by atoms with Crippen molar-refractivity contribution in [1.82, 2.24) is 15.0 Å². The summed E-state index contributed by atoms with van der Waals surface area (Å²) in [6, 6.07) is 9.31. The quantitative estimate of drug-likeness (QED) is 0.342. The molecule has 0 unspecified atom stereocenters. The number of carbonyl (C=O) groups is 4. The van der Waals surface area contributed by atoms with Crippen LogP contribution in [-0.4, -0.2) is 38.5 Å². The molecule has 0 aliphatic carbocycles. The predicted octanol–water partition coefficient (Wildman–Crippen LogP) is 5.08. The Balaban J connectivity index is 2.04. The van der Waals surface area contributed by atoms with E-state index < -0.39 is 23.5 Å². The summed E-state index contributed by atoms with van der Waals surface area (Å²) in [5.74, 6) is -2.48. The van der Waals surface area contributed by atoms with E-state index in [0.29, 0.717) is 29.0 Å². The van der Waals surface area contributed by atoms with Crippen LogP contribution in [0.2, 0.25) is 15.1 Å². The standard InChI is InChI=1S/C25H24Cl3N5O4/c1-3-5-19(34)33(20(35)6-4-2)25-22(24(29)37)30-31-32(25)13-14-11-17(27)21(18(28)12-14)23(36)15-7-9-16(26)10-8-15/h7-12H,3-6,13H2,1-2H3,(H2,29,37). The van der Waals surface area contributed by atoms with E-state index in [4.69, 9.17) is 40.5 Å². The zero-order valence-electron chi connectivity index (χ0n) is 20.1. The predicted molar refractivity (Wildman–Crippen MR) is 141 cm³/mol. The number of aromatic nitrogens is 3. The first kappa shape index (κ1) is 28.3. The molecule has 9 nitrogen and oxygen atoms in total. The van der Waals surface area contributed by atoms with E-state index in [-0.39, 0.29) is 46.5 Å². The molecular weight excluding hydrogens is 541 g/mol. The molecule has 0 radical (unpaired) electrons. The Morgan fingerprint density at radius 2 is 1.46 bits per heavy atom. The molecule has 0 fully saturated rings. The lowest BCUT2D eigenvalue weighted by molar-refractivity contribution is -0.126. The highest BCUT2D eigenvalue weighted by atomic mass is 35.5. The summed E-state index contributed by atoms with van der Waals surface area (Å²) in [6.45, 7) is 3.52. The highest BCUT2D eigenvalue weighted by molar-refractivity contribution is 6.41.